The molecule has 0 radical (unpaired) electrons. The highest BCUT2D eigenvalue weighted by molar-refractivity contribution is 5.96. The maximum Gasteiger partial charge on any atom is 0.243 e. The average Bonchev–Trinajstić information content (AvgIpc) is 2.54. The highest BCUT2D eigenvalue weighted by Gasteiger charge is 2.28. The fourth-order valence-electron chi connectivity index (χ4n) is 3.70. The van der Waals surface area contributed by atoms with Crippen molar-refractivity contribution in [3.05, 3.63) is 29.3 Å². The Balaban J connectivity index is 1.85. The molecule has 1 aromatic carbocycles. The van der Waals surface area contributed by atoms with Gasteiger partial charge in [-0.1, -0.05) is 32.0 Å². The number of aryl methyl sites for hydroxylation is 2. The van der Waals surface area contributed by atoms with Gasteiger partial charge in [-0.3, -0.25) is 14.5 Å². The van der Waals surface area contributed by atoms with Crippen molar-refractivity contribution >= 4 is 17.5 Å². The lowest BCUT2D eigenvalue weighted by Crippen LogP contribution is -2.51. The zero-order valence-electron chi connectivity index (χ0n) is 16.1. The summed E-state index contributed by atoms with van der Waals surface area (Å²) in [6.07, 6.45) is 1.21. The van der Waals surface area contributed by atoms with E-state index in [0.717, 1.165) is 29.9 Å². The standard InChI is InChI=1S/C20H31N3O2/c1-13-9-14(2)12-23(11-13)17(5)20(25)21-10-18(24)22-19-15(3)7-6-8-16(19)4/h6-8,13-14,17H,9-12H2,1-5H3,(H,21,25)(H,22,24)/t13-,14-,17+/m1/s1. The topological polar surface area (TPSA) is 61.4 Å². The van der Waals surface area contributed by atoms with Gasteiger partial charge in [0.1, 0.15) is 0 Å². The maximum absolute atomic E-state index is 12.4. The lowest BCUT2D eigenvalue weighted by molar-refractivity contribution is -0.128. The van der Waals surface area contributed by atoms with Crippen LogP contribution in [0.25, 0.3) is 0 Å². The van der Waals surface area contributed by atoms with Crippen molar-refractivity contribution in [2.24, 2.45) is 11.8 Å². The molecule has 1 heterocycles. The fraction of sp³-hybridized carbons (Fsp3) is 0.600. The van der Waals surface area contributed by atoms with Crippen molar-refractivity contribution in [1.29, 1.82) is 0 Å². The number of benzene rings is 1. The fourth-order valence-corrected chi connectivity index (χ4v) is 3.70. The summed E-state index contributed by atoms with van der Waals surface area (Å²) in [4.78, 5) is 26.8. The molecule has 0 bridgehead atoms. The van der Waals surface area contributed by atoms with Crippen LogP contribution in [0.1, 0.15) is 38.3 Å². The molecule has 138 valence electrons. The van der Waals surface area contributed by atoms with E-state index in [2.05, 4.69) is 29.4 Å². The molecule has 1 aliphatic rings. The summed E-state index contributed by atoms with van der Waals surface area (Å²) in [6, 6.07) is 5.67. The molecular formula is C20H31N3O2. The molecule has 0 unspecified atom stereocenters. The summed E-state index contributed by atoms with van der Waals surface area (Å²) in [5.74, 6) is 0.925. The molecule has 5 heteroatoms. The molecule has 2 N–H and O–H groups in total. The first-order valence-electron chi connectivity index (χ1n) is 9.15. The number of rotatable bonds is 5. The number of likely N-dealkylation sites (tertiary alicyclic amines) is 1. The Morgan fingerprint density at radius 3 is 2.28 bits per heavy atom. The first-order valence-corrected chi connectivity index (χ1v) is 9.15. The Bertz CT molecular complexity index is 599. The van der Waals surface area contributed by atoms with Crippen molar-refractivity contribution in [3.8, 4) is 0 Å². The van der Waals surface area contributed by atoms with Gasteiger partial charge < -0.3 is 10.6 Å². The van der Waals surface area contributed by atoms with E-state index >= 15 is 0 Å². The van der Waals surface area contributed by atoms with E-state index in [-0.39, 0.29) is 24.4 Å². The number of hydrogen-bond acceptors (Lipinski definition) is 3. The zero-order chi connectivity index (χ0) is 18.6. The highest BCUT2D eigenvalue weighted by Crippen LogP contribution is 2.22. The molecule has 2 rings (SSSR count). The number of anilines is 1. The van der Waals surface area contributed by atoms with Crippen molar-refractivity contribution in [3.63, 3.8) is 0 Å². The van der Waals surface area contributed by atoms with E-state index in [4.69, 9.17) is 0 Å². The smallest absolute Gasteiger partial charge is 0.243 e. The van der Waals surface area contributed by atoms with Gasteiger partial charge in [0, 0.05) is 18.8 Å². The molecule has 1 fully saturated rings. The molecule has 1 aromatic rings. The molecule has 0 spiro atoms. The van der Waals surface area contributed by atoms with Gasteiger partial charge in [0.05, 0.1) is 12.6 Å². The van der Waals surface area contributed by atoms with Gasteiger partial charge in [-0.15, -0.1) is 0 Å². The summed E-state index contributed by atoms with van der Waals surface area (Å²) in [7, 11) is 0. The van der Waals surface area contributed by atoms with Crippen LogP contribution in [0.4, 0.5) is 5.69 Å². The number of amides is 2. The van der Waals surface area contributed by atoms with Gasteiger partial charge in [-0.25, -0.2) is 0 Å². The van der Waals surface area contributed by atoms with Crippen molar-refractivity contribution < 1.29 is 9.59 Å². The van der Waals surface area contributed by atoms with Crippen molar-refractivity contribution in [2.75, 3.05) is 25.0 Å². The van der Waals surface area contributed by atoms with E-state index < -0.39 is 0 Å². The van der Waals surface area contributed by atoms with Crippen LogP contribution in [0.3, 0.4) is 0 Å². The molecule has 2 amide bonds. The molecule has 0 aliphatic carbocycles. The SMILES string of the molecule is Cc1cccc(C)c1NC(=O)CNC(=O)[C@H](C)N1C[C@H](C)C[C@@H](C)C1. The van der Waals surface area contributed by atoms with E-state index in [9.17, 15) is 9.59 Å². The first kappa shape index (κ1) is 19.4. The van der Waals surface area contributed by atoms with Gasteiger partial charge >= 0.3 is 0 Å². The number of nitrogens with zero attached hydrogens (tertiary/aromatic N) is 1. The number of nitrogens with one attached hydrogen (secondary N) is 2. The molecule has 25 heavy (non-hydrogen) atoms. The lowest BCUT2D eigenvalue weighted by Gasteiger charge is -2.38. The third-order valence-corrected chi connectivity index (χ3v) is 4.99. The molecule has 5 nitrogen and oxygen atoms in total. The quantitative estimate of drug-likeness (QED) is 0.862. The molecule has 1 saturated heterocycles. The Morgan fingerprint density at radius 2 is 1.72 bits per heavy atom. The minimum absolute atomic E-state index is 0.00407. The van der Waals surface area contributed by atoms with Gasteiger partial charge in [-0.05, 0) is 50.2 Å². The minimum Gasteiger partial charge on any atom is -0.346 e. The van der Waals surface area contributed by atoms with E-state index in [1.54, 1.807) is 0 Å². The number of carbonyl (C=O) groups is 2. The summed E-state index contributed by atoms with van der Waals surface area (Å²) >= 11 is 0. The molecular weight excluding hydrogens is 314 g/mol. The van der Waals surface area contributed by atoms with Crippen LogP contribution < -0.4 is 10.6 Å². The Hall–Kier alpha value is -1.88. The lowest BCUT2D eigenvalue weighted by atomic mass is 9.91. The summed E-state index contributed by atoms with van der Waals surface area (Å²) in [5.41, 5.74) is 2.86. The summed E-state index contributed by atoms with van der Waals surface area (Å²) < 4.78 is 0. The summed E-state index contributed by atoms with van der Waals surface area (Å²) in [6.45, 7) is 12.2. The average molecular weight is 345 g/mol. The molecule has 1 aliphatic heterocycles. The van der Waals surface area contributed by atoms with Crippen molar-refractivity contribution in [2.45, 2.75) is 47.1 Å². The third-order valence-electron chi connectivity index (χ3n) is 4.99. The molecule has 0 saturated carbocycles. The largest absolute Gasteiger partial charge is 0.346 e. The summed E-state index contributed by atoms with van der Waals surface area (Å²) in [5, 5.41) is 5.67. The van der Waals surface area contributed by atoms with Crippen LogP contribution in [0.2, 0.25) is 0 Å². The third kappa shape index (κ3) is 5.30. The second-order valence-corrected chi connectivity index (χ2v) is 7.61. The van der Waals surface area contributed by atoms with E-state index in [0.29, 0.717) is 11.8 Å². The predicted octanol–water partition coefficient (Wildman–Crippen LogP) is 2.72. The molecule has 0 aromatic heterocycles. The number of piperidine rings is 1. The number of para-hydroxylation sites is 1. The minimum atomic E-state index is -0.210. The number of hydrogen-bond donors (Lipinski definition) is 2. The van der Waals surface area contributed by atoms with Gasteiger partial charge in [-0.2, -0.15) is 0 Å². The van der Waals surface area contributed by atoms with Crippen LogP contribution in [-0.2, 0) is 9.59 Å². The molecule has 3 atom stereocenters. The second kappa shape index (κ2) is 8.48. The van der Waals surface area contributed by atoms with Crippen LogP contribution in [-0.4, -0.2) is 42.4 Å². The van der Waals surface area contributed by atoms with Crippen LogP contribution >= 0.6 is 0 Å². The van der Waals surface area contributed by atoms with E-state index in [1.165, 1.54) is 6.42 Å². The Kier molecular flexibility index (Phi) is 6.59. The van der Waals surface area contributed by atoms with Crippen LogP contribution in [0, 0.1) is 25.7 Å². The van der Waals surface area contributed by atoms with Gasteiger partial charge in [0.15, 0.2) is 0 Å². The van der Waals surface area contributed by atoms with Crippen LogP contribution in [0.5, 0.6) is 0 Å². The Labute approximate surface area is 151 Å². The monoisotopic (exact) mass is 345 g/mol. The van der Waals surface area contributed by atoms with Crippen molar-refractivity contribution in [1.82, 2.24) is 10.2 Å². The zero-order valence-corrected chi connectivity index (χ0v) is 16.1. The number of carbonyl (C=O) groups excluding carboxylic acids is 2. The normalized spacial score (nSPS) is 22.3. The second-order valence-electron chi connectivity index (χ2n) is 7.61. The first-order chi connectivity index (χ1) is 11.8. The Morgan fingerprint density at radius 1 is 1.16 bits per heavy atom. The maximum atomic E-state index is 12.4. The van der Waals surface area contributed by atoms with Crippen LogP contribution in [0.15, 0.2) is 18.2 Å². The highest BCUT2D eigenvalue weighted by atomic mass is 16.2. The van der Waals surface area contributed by atoms with Gasteiger partial charge in [0.2, 0.25) is 11.8 Å². The predicted molar refractivity (Wildman–Crippen MR) is 102 cm³/mol. The van der Waals surface area contributed by atoms with E-state index in [1.807, 2.05) is 39.0 Å². The van der Waals surface area contributed by atoms with Gasteiger partial charge in [0.25, 0.3) is 0 Å².